The van der Waals surface area contributed by atoms with Crippen molar-refractivity contribution in [2.45, 2.75) is 44.2 Å². The van der Waals surface area contributed by atoms with E-state index in [4.69, 9.17) is 4.74 Å². The van der Waals surface area contributed by atoms with Gasteiger partial charge in [-0.1, -0.05) is 25.1 Å². The number of rotatable bonds is 4. The standard InChI is InChI=1S/C20H26N4O2/c1-2-15-5-3-6-16-17(7-14-26-18(15)16)23-19(25)20(8-11-21-12-9-20)24-13-4-10-22-24/h3-6,10,13,17,21H,2,7-9,11-12,14H2,1H3,(H,23,25). The second kappa shape index (κ2) is 7.11. The number of aromatic nitrogens is 2. The summed E-state index contributed by atoms with van der Waals surface area (Å²) in [6.45, 7) is 4.39. The number of nitrogens with zero attached hydrogens (tertiary/aromatic N) is 2. The minimum absolute atomic E-state index is 0.0138. The first-order valence-corrected chi connectivity index (χ1v) is 9.51. The Hall–Kier alpha value is -2.34. The summed E-state index contributed by atoms with van der Waals surface area (Å²) in [5.41, 5.74) is 1.67. The highest BCUT2D eigenvalue weighted by Crippen LogP contribution is 2.36. The molecule has 2 aromatic rings. The molecule has 0 spiro atoms. The zero-order chi connectivity index (χ0) is 18.0. The number of benzene rings is 1. The van der Waals surface area contributed by atoms with Crippen molar-refractivity contribution in [1.82, 2.24) is 20.4 Å². The molecule has 2 N–H and O–H groups in total. The summed E-state index contributed by atoms with van der Waals surface area (Å²) in [4.78, 5) is 13.4. The molecule has 4 rings (SSSR count). The smallest absolute Gasteiger partial charge is 0.248 e. The molecule has 0 aliphatic carbocycles. The number of piperidine rings is 1. The number of para-hydroxylation sites is 1. The van der Waals surface area contributed by atoms with Gasteiger partial charge in [-0.3, -0.25) is 9.48 Å². The highest BCUT2D eigenvalue weighted by atomic mass is 16.5. The number of carbonyl (C=O) groups excluding carboxylic acids is 1. The molecule has 1 unspecified atom stereocenters. The van der Waals surface area contributed by atoms with Gasteiger partial charge in [-0.05, 0) is 44.0 Å². The molecule has 1 atom stereocenters. The van der Waals surface area contributed by atoms with Gasteiger partial charge in [-0.15, -0.1) is 0 Å². The zero-order valence-corrected chi connectivity index (χ0v) is 15.2. The topological polar surface area (TPSA) is 68.2 Å². The molecular formula is C20H26N4O2. The maximum Gasteiger partial charge on any atom is 0.248 e. The molecule has 0 saturated carbocycles. The summed E-state index contributed by atoms with van der Waals surface area (Å²) in [5.74, 6) is 1.01. The van der Waals surface area contributed by atoms with E-state index >= 15 is 0 Å². The van der Waals surface area contributed by atoms with E-state index in [-0.39, 0.29) is 11.9 Å². The SMILES string of the molecule is CCc1cccc2c1OCCC2NC(=O)C1(n2cccn2)CCNCC1. The minimum Gasteiger partial charge on any atom is -0.493 e. The van der Waals surface area contributed by atoms with Crippen LogP contribution in [-0.4, -0.2) is 35.4 Å². The van der Waals surface area contributed by atoms with Crippen LogP contribution in [0.15, 0.2) is 36.7 Å². The maximum absolute atomic E-state index is 13.4. The lowest BCUT2D eigenvalue weighted by molar-refractivity contribution is -0.133. The van der Waals surface area contributed by atoms with Crippen molar-refractivity contribution < 1.29 is 9.53 Å². The molecule has 1 fully saturated rings. The molecule has 138 valence electrons. The second-order valence-electron chi connectivity index (χ2n) is 7.08. The number of hydrogen-bond acceptors (Lipinski definition) is 4. The summed E-state index contributed by atoms with van der Waals surface area (Å²) in [5, 5.41) is 11.1. The van der Waals surface area contributed by atoms with Gasteiger partial charge >= 0.3 is 0 Å². The van der Waals surface area contributed by atoms with E-state index in [1.54, 1.807) is 6.20 Å². The highest BCUT2D eigenvalue weighted by molar-refractivity contribution is 5.85. The molecule has 6 heteroatoms. The van der Waals surface area contributed by atoms with Crippen molar-refractivity contribution in [3.8, 4) is 5.75 Å². The third kappa shape index (κ3) is 2.88. The van der Waals surface area contributed by atoms with E-state index in [0.29, 0.717) is 6.61 Å². The van der Waals surface area contributed by atoms with E-state index in [1.807, 2.05) is 16.9 Å². The van der Waals surface area contributed by atoms with Gasteiger partial charge in [0.05, 0.1) is 12.6 Å². The molecule has 6 nitrogen and oxygen atoms in total. The number of nitrogens with one attached hydrogen (secondary N) is 2. The molecule has 1 saturated heterocycles. The predicted molar refractivity (Wildman–Crippen MR) is 99.1 cm³/mol. The van der Waals surface area contributed by atoms with E-state index in [1.165, 1.54) is 5.56 Å². The van der Waals surface area contributed by atoms with Gasteiger partial charge in [0.2, 0.25) is 5.91 Å². The minimum atomic E-state index is -0.615. The number of hydrogen-bond donors (Lipinski definition) is 2. The zero-order valence-electron chi connectivity index (χ0n) is 15.2. The van der Waals surface area contributed by atoms with Crippen molar-refractivity contribution in [1.29, 1.82) is 0 Å². The molecule has 1 aromatic heterocycles. The number of aryl methyl sites for hydroxylation is 1. The molecule has 2 aliphatic heterocycles. The van der Waals surface area contributed by atoms with Gasteiger partial charge in [0.1, 0.15) is 11.3 Å². The van der Waals surface area contributed by atoms with Crippen LogP contribution in [0.3, 0.4) is 0 Å². The summed E-state index contributed by atoms with van der Waals surface area (Å²) in [6, 6.07) is 8.09. The van der Waals surface area contributed by atoms with Gasteiger partial charge in [-0.25, -0.2) is 0 Å². The first-order chi connectivity index (χ1) is 12.7. The van der Waals surface area contributed by atoms with Crippen molar-refractivity contribution in [3.63, 3.8) is 0 Å². The van der Waals surface area contributed by atoms with Crippen LogP contribution in [0.4, 0.5) is 0 Å². The van der Waals surface area contributed by atoms with Gasteiger partial charge < -0.3 is 15.4 Å². The summed E-state index contributed by atoms with van der Waals surface area (Å²) in [7, 11) is 0. The number of ether oxygens (including phenoxy) is 1. The molecule has 2 aliphatic rings. The summed E-state index contributed by atoms with van der Waals surface area (Å²) >= 11 is 0. The van der Waals surface area contributed by atoms with Gasteiger partial charge in [0.15, 0.2) is 0 Å². The average Bonchev–Trinajstić information content (AvgIpc) is 3.23. The van der Waals surface area contributed by atoms with E-state index in [9.17, 15) is 4.79 Å². The van der Waals surface area contributed by atoms with Crippen molar-refractivity contribution in [2.75, 3.05) is 19.7 Å². The highest BCUT2D eigenvalue weighted by Gasteiger charge is 2.43. The third-order valence-corrected chi connectivity index (χ3v) is 5.64. The average molecular weight is 354 g/mol. The number of amides is 1. The molecule has 26 heavy (non-hydrogen) atoms. The normalized spacial score (nSPS) is 21.5. The monoisotopic (exact) mass is 354 g/mol. The first-order valence-electron chi connectivity index (χ1n) is 9.51. The molecular weight excluding hydrogens is 328 g/mol. The van der Waals surface area contributed by atoms with E-state index in [0.717, 1.165) is 50.1 Å². The van der Waals surface area contributed by atoms with Crippen molar-refractivity contribution >= 4 is 5.91 Å². The quantitative estimate of drug-likeness (QED) is 0.883. The molecule has 1 amide bonds. The van der Waals surface area contributed by atoms with E-state index < -0.39 is 5.54 Å². The van der Waals surface area contributed by atoms with Crippen LogP contribution in [0.5, 0.6) is 5.75 Å². The van der Waals surface area contributed by atoms with E-state index in [2.05, 4.69) is 40.9 Å². The van der Waals surface area contributed by atoms with Gasteiger partial charge in [-0.2, -0.15) is 5.10 Å². The first kappa shape index (κ1) is 17.1. The summed E-state index contributed by atoms with van der Waals surface area (Å²) < 4.78 is 7.76. The van der Waals surface area contributed by atoms with Gasteiger partial charge in [0, 0.05) is 24.4 Å². The molecule has 0 radical (unpaired) electrons. The van der Waals surface area contributed by atoms with Crippen LogP contribution in [0.2, 0.25) is 0 Å². The van der Waals surface area contributed by atoms with Crippen LogP contribution in [0.1, 0.15) is 43.4 Å². The third-order valence-electron chi connectivity index (χ3n) is 5.64. The van der Waals surface area contributed by atoms with Crippen molar-refractivity contribution in [2.24, 2.45) is 0 Å². The van der Waals surface area contributed by atoms with Gasteiger partial charge in [0.25, 0.3) is 0 Å². The Morgan fingerprint density at radius 1 is 1.38 bits per heavy atom. The Kier molecular flexibility index (Phi) is 4.68. The van der Waals surface area contributed by atoms with Crippen LogP contribution < -0.4 is 15.4 Å². The van der Waals surface area contributed by atoms with Crippen LogP contribution in [0.25, 0.3) is 0 Å². The lowest BCUT2D eigenvalue weighted by Crippen LogP contribution is -2.55. The number of fused-ring (bicyclic) bond motifs is 1. The molecule has 1 aromatic carbocycles. The van der Waals surface area contributed by atoms with Crippen molar-refractivity contribution in [3.05, 3.63) is 47.8 Å². The predicted octanol–water partition coefficient (Wildman–Crippen LogP) is 2.16. The molecule has 3 heterocycles. The van der Waals surface area contributed by atoms with Crippen LogP contribution in [0, 0.1) is 0 Å². The summed E-state index contributed by atoms with van der Waals surface area (Å²) in [6.07, 6.45) is 6.84. The lowest BCUT2D eigenvalue weighted by atomic mass is 9.86. The Bertz CT molecular complexity index is 766. The Morgan fingerprint density at radius 3 is 2.96 bits per heavy atom. The van der Waals surface area contributed by atoms with Crippen LogP contribution in [-0.2, 0) is 16.8 Å². The fourth-order valence-corrected chi connectivity index (χ4v) is 4.13. The molecule has 0 bridgehead atoms. The number of carbonyl (C=O) groups is 1. The Labute approximate surface area is 153 Å². The fraction of sp³-hybridized carbons (Fsp3) is 0.500. The second-order valence-corrected chi connectivity index (χ2v) is 7.08. The fourth-order valence-electron chi connectivity index (χ4n) is 4.13. The van der Waals surface area contributed by atoms with Crippen LogP contribution >= 0.6 is 0 Å². The lowest BCUT2D eigenvalue weighted by Gasteiger charge is -2.38. The Morgan fingerprint density at radius 2 is 2.23 bits per heavy atom. The maximum atomic E-state index is 13.4. The largest absolute Gasteiger partial charge is 0.493 e. The Balaban J connectivity index is 1.62.